The summed E-state index contributed by atoms with van der Waals surface area (Å²) in [4.78, 5) is 16.9. The number of anilines is 1. The average molecular weight is 262 g/mol. The second-order valence-electron chi connectivity index (χ2n) is 4.76. The number of amides is 1. The third-order valence-electron chi connectivity index (χ3n) is 3.74. The molecule has 0 bridgehead atoms. The van der Waals surface area contributed by atoms with Gasteiger partial charge in [-0.05, 0) is 24.7 Å². The molecular formula is C13H14N2O2S. The molecule has 1 heterocycles. The standard InChI is InChI=1S/C13H14N2O2S/c16-6-2-3-8-7-14-13(18-8)15-12(17)11-9-4-1-5-10(9)11/h7,9-11,16H,1,4-6H2,(H,14,15,17). The number of nitrogens with one attached hydrogen (secondary N) is 1. The van der Waals surface area contributed by atoms with Gasteiger partial charge in [-0.25, -0.2) is 4.98 Å². The first-order valence-electron chi connectivity index (χ1n) is 6.16. The first-order valence-corrected chi connectivity index (χ1v) is 6.97. The molecule has 0 saturated heterocycles. The molecule has 0 aliphatic heterocycles. The maximum Gasteiger partial charge on any atom is 0.229 e. The van der Waals surface area contributed by atoms with Crippen molar-refractivity contribution in [2.24, 2.45) is 17.8 Å². The molecule has 2 fully saturated rings. The van der Waals surface area contributed by atoms with E-state index in [0.717, 1.165) is 4.88 Å². The van der Waals surface area contributed by atoms with Crippen molar-refractivity contribution >= 4 is 22.4 Å². The van der Waals surface area contributed by atoms with Crippen LogP contribution in [0.2, 0.25) is 0 Å². The highest BCUT2D eigenvalue weighted by Crippen LogP contribution is 2.57. The number of carbonyl (C=O) groups is 1. The van der Waals surface area contributed by atoms with E-state index in [2.05, 4.69) is 22.1 Å². The normalized spacial score (nSPS) is 28.2. The van der Waals surface area contributed by atoms with E-state index in [1.165, 1.54) is 30.6 Å². The van der Waals surface area contributed by atoms with Crippen molar-refractivity contribution in [1.29, 1.82) is 0 Å². The lowest BCUT2D eigenvalue weighted by molar-refractivity contribution is -0.118. The largest absolute Gasteiger partial charge is 0.384 e. The molecule has 18 heavy (non-hydrogen) atoms. The van der Waals surface area contributed by atoms with E-state index in [1.54, 1.807) is 6.20 Å². The lowest BCUT2D eigenvalue weighted by Crippen LogP contribution is -2.16. The topological polar surface area (TPSA) is 62.2 Å². The van der Waals surface area contributed by atoms with Crippen LogP contribution in [0.25, 0.3) is 0 Å². The van der Waals surface area contributed by atoms with Crippen molar-refractivity contribution in [1.82, 2.24) is 4.98 Å². The van der Waals surface area contributed by atoms with Crippen molar-refractivity contribution in [3.8, 4) is 11.8 Å². The smallest absolute Gasteiger partial charge is 0.229 e. The Morgan fingerprint density at radius 3 is 3.06 bits per heavy atom. The molecule has 2 unspecified atom stereocenters. The second-order valence-corrected chi connectivity index (χ2v) is 5.79. The van der Waals surface area contributed by atoms with Crippen LogP contribution >= 0.6 is 11.3 Å². The predicted molar refractivity (Wildman–Crippen MR) is 69.0 cm³/mol. The summed E-state index contributed by atoms with van der Waals surface area (Å²) >= 11 is 1.35. The summed E-state index contributed by atoms with van der Waals surface area (Å²) in [5, 5.41) is 12.1. The van der Waals surface area contributed by atoms with Crippen LogP contribution in [0, 0.1) is 29.6 Å². The van der Waals surface area contributed by atoms with Gasteiger partial charge in [0, 0.05) is 5.92 Å². The molecule has 2 aliphatic carbocycles. The van der Waals surface area contributed by atoms with Gasteiger partial charge in [-0.3, -0.25) is 4.79 Å². The molecule has 2 aliphatic rings. The van der Waals surface area contributed by atoms with Crippen molar-refractivity contribution in [3.05, 3.63) is 11.1 Å². The van der Waals surface area contributed by atoms with Crippen LogP contribution in [0.5, 0.6) is 0 Å². The number of aromatic nitrogens is 1. The maximum atomic E-state index is 12.0. The summed E-state index contributed by atoms with van der Waals surface area (Å²) in [6.07, 6.45) is 5.30. The minimum absolute atomic E-state index is 0.112. The molecule has 1 aromatic heterocycles. The molecule has 3 rings (SSSR count). The number of aliphatic hydroxyl groups excluding tert-OH is 1. The number of hydrogen-bond acceptors (Lipinski definition) is 4. The fourth-order valence-corrected chi connectivity index (χ4v) is 3.61. The van der Waals surface area contributed by atoms with E-state index in [4.69, 9.17) is 5.11 Å². The molecule has 5 heteroatoms. The molecule has 0 aromatic carbocycles. The molecule has 1 aromatic rings. The number of thiazole rings is 1. The molecule has 1 amide bonds. The summed E-state index contributed by atoms with van der Waals surface area (Å²) in [6.45, 7) is -0.162. The zero-order valence-electron chi connectivity index (χ0n) is 9.85. The summed E-state index contributed by atoms with van der Waals surface area (Å²) in [5.41, 5.74) is 0. The van der Waals surface area contributed by atoms with E-state index in [0.29, 0.717) is 17.0 Å². The highest BCUT2D eigenvalue weighted by Gasteiger charge is 2.56. The van der Waals surface area contributed by atoms with Crippen LogP contribution in [0.4, 0.5) is 5.13 Å². The SMILES string of the molecule is O=C(Nc1ncc(C#CCO)s1)C1C2CCCC21. The van der Waals surface area contributed by atoms with Gasteiger partial charge in [0.05, 0.1) is 11.1 Å². The second kappa shape index (κ2) is 4.71. The van der Waals surface area contributed by atoms with Crippen LogP contribution < -0.4 is 5.32 Å². The van der Waals surface area contributed by atoms with Gasteiger partial charge in [-0.1, -0.05) is 29.6 Å². The van der Waals surface area contributed by atoms with E-state index < -0.39 is 0 Å². The number of hydrogen-bond donors (Lipinski definition) is 2. The minimum atomic E-state index is -0.162. The van der Waals surface area contributed by atoms with Crippen molar-refractivity contribution < 1.29 is 9.90 Å². The highest BCUT2D eigenvalue weighted by atomic mass is 32.1. The Hall–Kier alpha value is -1.38. The zero-order chi connectivity index (χ0) is 12.5. The van der Waals surface area contributed by atoms with Gasteiger partial charge >= 0.3 is 0 Å². The van der Waals surface area contributed by atoms with Crippen molar-refractivity contribution in [2.75, 3.05) is 11.9 Å². The molecule has 4 nitrogen and oxygen atoms in total. The Bertz CT molecular complexity index is 519. The fourth-order valence-electron chi connectivity index (χ4n) is 2.92. The minimum Gasteiger partial charge on any atom is -0.384 e. The molecule has 2 atom stereocenters. The molecule has 0 spiro atoms. The van der Waals surface area contributed by atoms with Crippen LogP contribution in [-0.2, 0) is 4.79 Å². The summed E-state index contributed by atoms with van der Waals surface area (Å²) < 4.78 is 0. The van der Waals surface area contributed by atoms with Gasteiger partial charge in [-0.15, -0.1) is 0 Å². The van der Waals surface area contributed by atoms with Gasteiger partial charge in [0.2, 0.25) is 5.91 Å². The van der Waals surface area contributed by atoms with Crippen LogP contribution in [-0.4, -0.2) is 22.6 Å². The van der Waals surface area contributed by atoms with Crippen LogP contribution in [0.15, 0.2) is 6.20 Å². The molecule has 2 saturated carbocycles. The Morgan fingerprint density at radius 1 is 1.56 bits per heavy atom. The summed E-state index contributed by atoms with van der Waals surface area (Å²) in [6, 6.07) is 0. The predicted octanol–water partition coefficient (Wildman–Crippen LogP) is 1.47. The lowest BCUT2D eigenvalue weighted by atomic mass is 10.1. The molecule has 94 valence electrons. The van der Waals surface area contributed by atoms with E-state index in [9.17, 15) is 4.79 Å². The molecule has 0 radical (unpaired) electrons. The Kier molecular flexibility index (Phi) is 3.06. The van der Waals surface area contributed by atoms with Gasteiger partial charge in [0.1, 0.15) is 6.61 Å². The monoisotopic (exact) mass is 262 g/mol. The molecule has 2 N–H and O–H groups in total. The number of fused-ring (bicyclic) bond motifs is 1. The van der Waals surface area contributed by atoms with E-state index >= 15 is 0 Å². The van der Waals surface area contributed by atoms with Gasteiger partial charge < -0.3 is 10.4 Å². The maximum absolute atomic E-state index is 12.0. The van der Waals surface area contributed by atoms with Gasteiger partial charge in [0.25, 0.3) is 0 Å². The average Bonchev–Trinajstić information content (AvgIpc) is 2.76. The van der Waals surface area contributed by atoms with Gasteiger partial charge in [0.15, 0.2) is 5.13 Å². The first-order chi connectivity index (χ1) is 8.79. The van der Waals surface area contributed by atoms with Crippen LogP contribution in [0.1, 0.15) is 24.1 Å². The Balaban J connectivity index is 1.59. The van der Waals surface area contributed by atoms with Crippen LogP contribution in [0.3, 0.4) is 0 Å². The first kappa shape index (κ1) is 11.7. The number of rotatable bonds is 2. The number of carbonyl (C=O) groups excluding carboxylic acids is 1. The Morgan fingerprint density at radius 2 is 2.33 bits per heavy atom. The lowest BCUT2D eigenvalue weighted by Gasteiger charge is -2.02. The summed E-state index contributed by atoms with van der Waals surface area (Å²) in [5.74, 6) is 6.92. The Labute approximate surface area is 109 Å². The molecular weight excluding hydrogens is 248 g/mol. The van der Waals surface area contributed by atoms with Crippen molar-refractivity contribution in [2.45, 2.75) is 19.3 Å². The fraction of sp³-hybridized carbons (Fsp3) is 0.538. The van der Waals surface area contributed by atoms with E-state index in [1.807, 2.05) is 0 Å². The number of nitrogens with zero attached hydrogens (tertiary/aromatic N) is 1. The third-order valence-corrected chi connectivity index (χ3v) is 4.56. The number of aliphatic hydroxyl groups is 1. The summed E-state index contributed by atoms with van der Waals surface area (Å²) in [7, 11) is 0. The van der Waals surface area contributed by atoms with E-state index in [-0.39, 0.29) is 18.4 Å². The van der Waals surface area contributed by atoms with Crippen molar-refractivity contribution in [3.63, 3.8) is 0 Å². The highest BCUT2D eigenvalue weighted by molar-refractivity contribution is 7.16. The third kappa shape index (κ3) is 2.14. The van der Waals surface area contributed by atoms with Gasteiger partial charge in [-0.2, -0.15) is 0 Å². The zero-order valence-corrected chi connectivity index (χ0v) is 10.7. The quantitative estimate of drug-likeness (QED) is 0.793.